The van der Waals surface area contributed by atoms with Crippen LogP contribution in [0.1, 0.15) is 91.4 Å². The fraction of sp³-hybridized carbons (Fsp3) is 0.441. The van der Waals surface area contributed by atoms with Crippen LogP contribution in [0.15, 0.2) is 54.6 Å². The molecule has 0 atom stereocenters. The van der Waals surface area contributed by atoms with E-state index in [1.165, 1.54) is 5.56 Å². The molecule has 0 bridgehead atoms. The van der Waals surface area contributed by atoms with E-state index < -0.39 is 5.97 Å². The lowest BCUT2D eigenvalue weighted by Crippen LogP contribution is -2.08. The Kier molecular flexibility index (Phi) is 12.2. The van der Waals surface area contributed by atoms with Gasteiger partial charge in [-0.05, 0) is 54.9 Å². The molecule has 6 nitrogen and oxygen atoms in total. The van der Waals surface area contributed by atoms with Gasteiger partial charge >= 0.3 is 5.97 Å². The zero-order valence-electron chi connectivity index (χ0n) is 24.6. The highest BCUT2D eigenvalue weighted by atomic mass is 16.5. The summed E-state index contributed by atoms with van der Waals surface area (Å²) in [5, 5.41) is 10.9. The lowest BCUT2D eigenvalue weighted by Gasteiger charge is -2.18. The largest absolute Gasteiger partial charge is 0.507 e. The first-order valence-electron chi connectivity index (χ1n) is 14.3. The van der Waals surface area contributed by atoms with Crippen molar-refractivity contribution in [2.75, 3.05) is 20.8 Å². The average molecular weight is 549 g/mol. The third-order valence-electron chi connectivity index (χ3n) is 7.02. The molecule has 1 N–H and O–H groups in total. The van der Waals surface area contributed by atoms with Crippen LogP contribution in [0.5, 0.6) is 23.0 Å². The van der Waals surface area contributed by atoms with Crippen molar-refractivity contribution < 1.29 is 28.8 Å². The number of ether oxygens (including phenoxy) is 4. The van der Waals surface area contributed by atoms with Crippen molar-refractivity contribution in [3.63, 3.8) is 0 Å². The van der Waals surface area contributed by atoms with Crippen LogP contribution in [0.3, 0.4) is 0 Å². The van der Waals surface area contributed by atoms with E-state index in [0.29, 0.717) is 30.3 Å². The zero-order valence-corrected chi connectivity index (χ0v) is 24.6. The fourth-order valence-electron chi connectivity index (χ4n) is 4.87. The second-order valence-corrected chi connectivity index (χ2v) is 10.3. The summed E-state index contributed by atoms with van der Waals surface area (Å²) in [5.41, 5.74) is 4.04. The number of methoxy groups -OCH3 is 2. The summed E-state index contributed by atoms with van der Waals surface area (Å²) in [6.45, 7) is 7.05. The Balaban J connectivity index is 1.50. The second kappa shape index (κ2) is 15.8. The van der Waals surface area contributed by atoms with Crippen LogP contribution in [0.2, 0.25) is 0 Å². The maximum atomic E-state index is 12.7. The molecule has 6 heteroatoms. The minimum absolute atomic E-state index is 0.0507. The van der Waals surface area contributed by atoms with E-state index in [-0.39, 0.29) is 17.9 Å². The summed E-state index contributed by atoms with van der Waals surface area (Å²) in [4.78, 5) is 12.7. The van der Waals surface area contributed by atoms with Crippen LogP contribution < -0.4 is 14.2 Å². The van der Waals surface area contributed by atoms with Crippen molar-refractivity contribution in [1.29, 1.82) is 0 Å². The van der Waals surface area contributed by atoms with Crippen LogP contribution in [-0.4, -0.2) is 31.9 Å². The molecule has 0 heterocycles. The van der Waals surface area contributed by atoms with Crippen molar-refractivity contribution in [3.8, 4) is 23.0 Å². The quantitative estimate of drug-likeness (QED) is 0.144. The molecule has 0 aromatic heterocycles. The fourth-order valence-corrected chi connectivity index (χ4v) is 4.87. The summed E-state index contributed by atoms with van der Waals surface area (Å²) in [6, 6.07) is 17.1. The number of hydrogen-bond acceptors (Lipinski definition) is 6. The number of carbonyl (C=O) groups is 1. The van der Waals surface area contributed by atoms with Crippen LogP contribution in [0.4, 0.5) is 0 Å². The Labute approximate surface area is 239 Å². The van der Waals surface area contributed by atoms with Crippen molar-refractivity contribution in [1.82, 2.24) is 0 Å². The smallest absolute Gasteiger partial charge is 0.342 e. The number of benzene rings is 3. The zero-order chi connectivity index (χ0) is 28.9. The van der Waals surface area contributed by atoms with Gasteiger partial charge < -0.3 is 24.1 Å². The van der Waals surface area contributed by atoms with E-state index in [1.807, 2.05) is 37.3 Å². The maximum Gasteiger partial charge on any atom is 0.342 e. The first-order valence-corrected chi connectivity index (χ1v) is 14.3. The lowest BCUT2D eigenvalue weighted by molar-refractivity contribution is 0.0469. The van der Waals surface area contributed by atoms with Crippen LogP contribution in [-0.2, 0) is 24.2 Å². The monoisotopic (exact) mass is 548 g/mol. The Morgan fingerprint density at radius 2 is 1.57 bits per heavy atom. The van der Waals surface area contributed by atoms with Gasteiger partial charge in [-0.3, -0.25) is 0 Å². The third kappa shape index (κ3) is 8.17. The maximum absolute atomic E-state index is 12.7. The van der Waals surface area contributed by atoms with Gasteiger partial charge in [0.2, 0.25) is 0 Å². The lowest BCUT2D eigenvalue weighted by atomic mass is 9.97. The molecular weight excluding hydrogens is 504 g/mol. The number of phenolic OH excluding ortho intramolecular Hbond substituents is 1. The normalized spacial score (nSPS) is 10.9. The third-order valence-corrected chi connectivity index (χ3v) is 7.02. The van der Waals surface area contributed by atoms with Crippen LogP contribution >= 0.6 is 0 Å². The van der Waals surface area contributed by atoms with E-state index in [2.05, 4.69) is 26.0 Å². The summed E-state index contributed by atoms with van der Waals surface area (Å²) >= 11 is 0. The van der Waals surface area contributed by atoms with Gasteiger partial charge in [0, 0.05) is 11.1 Å². The van der Waals surface area contributed by atoms with Crippen molar-refractivity contribution in [2.24, 2.45) is 0 Å². The number of rotatable bonds is 16. The first-order chi connectivity index (χ1) is 19.4. The Bertz CT molecular complexity index is 1220. The number of hydrogen-bond donors (Lipinski definition) is 1. The molecule has 0 unspecified atom stereocenters. The molecule has 0 fully saturated rings. The van der Waals surface area contributed by atoms with Gasteiger partial charge in [0.25, 0.3) is 0 Å². The first kappa shape index (κ1) is 30.9. The molecule has 0 aliphatic heterocycles. The van der Waals surface area contributed by atoms with Gasteiger partial charge in [0.05, 0.1) is 20.8 Å². The highest BCUT2D eigenvalue weighted by Gasteiger charge is 2.20. The van der Waals surface area contributed by atoms with Gasteiger partial charge in [-0.25, -0.2) is 4.79 Å². The topological polar surface area (TPSA) is 74.2 Å². The summed E-state index contributed by atoms with van der Waals surface area (Å²) in [6.07, 6.45) is 6.40. The van der Waals surface area contributed by atoms with Gasteiger partial charge in [0.1, 0.15) is 23.7 Å². The van der Waals surface area contributed by atoms with E-state index >= 15 is 0 Å². The predicted molar refractivity (Wildman–Crippen MR) is 159 cm³/mol. The molecule has 0 amide bonds. The molecule has 0 aliphatic rings. The van der Waals surface area contributed by atoms with Crippen LogP contribution in [0.25, 0.3) is 0 Å². The Morgan fingerprint density at radius 1 is 0.850 bits per heavy atom. The van der Waals surface area contributed by atoms with Crippen molar-refractivity contribution in [3.05, 3.63) is 82.4 Å². The highest BCUT2D eigenvalue weighted by molar-refractivity contribution is 5.93. The minimum atomic E-state index is -0.543. The predicted octanol–water partition coefficient (Wildman–Crippen LogP) is 8.02. The average Bonchev–Trinajstić information content (AvgIpc) is 2.96. The standard InChI is InChI=1S/C34H44O6/c1-6-14-28-30(21-20-29(31(28)35)34(36)40-23-25-15-10-9-11-16-25)39-22-13-8-7-12-17-26-18-19-27(24(2)3)33(38-5)32(26)37-4/h9-11,15-16,18-21,24,35H,6-8,12-14,17,22-23H2,1-5H3. The molecule has 0 saturated carbocycles. The summed E-state index contributed by atoms with van der Waals surface area (Å²) in [7, 11) is 3.40. The van der Waals surface area contributed by atoms with Gasteiger partial charge in [-0.1, -0.05) is 82.5 Å². The SMILES string of the molecule is CCCc1c(OCCCCCCc2ccc(C(C)C)c(OC)c2OC)ccc(C(=O)OCc2ccccc2)c1O. The molecule has 0 aliphatic carbocycles. The number of carbonyl (C=O) groups excluding carboxylic acids is 1. The minimum Gasteiger partial charge on any atom is -0.507 e. The van der Waals surface area contributed by atoms with Crippen molar-refractivity contribution >= 4 is 5.97 Å². The molecular formula is C34H44O6. The number of unbranched alkanes of at least 4 members (excludes halogenated alkanes) is 3. The molecule has 0 saturated heterocycles. The summed E-state index contributed by atoms with van der Waals surface area (Å²) in [5.74, 6) is 2.07. The summed E-state index contributed by atoms with van der Waals surface area (Å²) < 4.78 is 22.9. The van der Waals surface area contributed by atoms with E-state index in [0.717, 1.165) is 61.2 Å². The molecule has 3 rings (SSSR count). The number of phenols is 1. The van der Waals surface area contributed by atoms with Crippen LogP contribution in [0, 0.1) is 0 Å². The number of aryl methyl sites for hydroxylation is 1. The molecule has 3 aromatic rings. The number of aromatic hydroxyl groups is 1. The van der Waals surface area contributed by atoms with Gasteiger partial charge in [0.15, 0.2) is 11.5 Å². The molecule has 0 spiro atoms. The molecule has 40 heavy (non-hydrogen) atoms. The Hall–Kier alpha value is -3.67. The van der Waals surface area contributed by atoms with Crippen molar-refractivity contribution in [2.45, 2.75) is 78.2 Å². The second-order valence-electron chi connectivity index (χ2n) is 10.3. The van der Waals surface area contributed by atoms with E-state index in [4.69, 9.17) is 18.9 Å². The number of esters is 1. The van der Waals surface area contributed by atoms with E-state index in [9.17, 15) is 9.90 Å². The highest BCUT2D eigenvalue weighted by Crippen LogP contribution is 2.39. The molecule has 3 aromatic carbocycles. The van der Waals surface area contributed by atoms with E-state index in [1.54, 1.807) is 26.4 Å². The van der Waals surface area contributed by atoms with Gasteiger partial charge in [-0.15, -0.1) is 0 Å². The molecule has 0 radical (unpaired) electrons. The van der Waals surface area contributed by atoms with Gasteiger partial charge in [-0.2, -0.15) is 0 Å². The Morgan fingerprint density at radius 3 is 2.25 bits per heavy atom. The molecule has 216 valence electrons.